The average molecular weight is 728 g/mol. The molecule has 2 aromatic carbocycles. The minimum atomic E-state index is -4.56. The lowest BCUT2D eigenvalue weighted by molar-refractivity contribution is -0.153. The van der Waals surface area contributed by atoms with E-state index in [-0.39, 0.29) is 35.1 Å². The van der Waals surface area contributed by atoms with Crippen molar-refractivity contribution in [3.05, 3.63) is 48.2 Å². The van der Waals surface area contributed by atoms with Gasteiger partial charge in [-0.15, -0.1) is 0 Å². The zero-order valence-electron chi connectivity index (χ0n) is 30.0. The Hall–Kier alpha value is -4.39. The lowest BCUT2D eigenvalue weighted by Crippen LogP contribution is -2.61. The molecule has 0 radical (unpaired) electrons. The molecule has 10 nitrogen and oxygen atoms in total. The summed E-state index contributed by atoms with van der Waals surface area (Å²) in [5.41, 5.74) is 5.04. The van der Waals surface area contributed by atoms with Gasteiger partial charge in [0.15, 0.2) is 12.4 Å². The van der Waals surface area contributed by atoms with Crippen LogP contribution in [0.25, 0.3) is 32.9 Å². The van der Waals surface area contributed by atoms with Crippen molar-refractivity contribution in [1.29, 1.82) is 0 Å². The van der Waals surface area contributed by atoms with Gasteiger partial charge in [0, 0.05) is 79.9 Å². The molecule has 3 aliphatic carbocycles. The summed E-state index contributed by atoms with van der Waals surface area (Å²) in [5.74, 6) is 0.900. The van der Waals surface area contributed by atoms with Crippen LogP contribution in [0.4, 0.5) is 19.0 Å². The molecule has 4 aromatic rings. The number of fused-ring (bicyclic) bond motifs is 2. The molecule has 2 spiro atoms. The van der Waals surface area contributed by atoms with E-state index in [4.69, 9.17) is 19.4 Å². The molecule has 1 amide bonds. The first-order valence-corrected chi connectivity index (χ1v) is 19.1. The van der Waals surface area contributed by atoms with Crippen LogP contribution in [0, 0.1) is 17.8 Å². The summed E-state index contributed by atoms with van der Waals surface area (Å²) in [6.07, 6.45) is 6.50. The number of aromatic amines is 1. The van der Waals surface area contributed by atoms with Crippen molar-refractivity contribution in [2.45, 2.75) is 82.5 Å². The summed E-state index contributed by atoms with van der Waals surface area (Å²) in [5, 5.41) is 8.81. The van der Waals surface area contributed by atoms with Crippen LogP contribution in [0.5, 0.6) is 11.8 Å². The number of alkyl halides is 3. The number of hydrogen-bond donors (Lipinski definition) is 1. The number of aromatic nitrogens is 4. The molecule has 0 unspecified atom stereocenters. The maximum atomic E-state index is 14.1. The van der Waals surface area contributed by atoms with Crippen LogP contribution in [0.3, 0.4) is 0 Å². The number of rotatable bonds is 9. The van der Waals surface area contributed by atoms with Gasteiger partial charge in [0.05, 0.1) is 11.7 Å². The Kier molecular flexibility index (Phi) is 7.39. The number of likely N-dealkylation sites (tertiary alicyclic amines) is 2. The quantitative estimate of drug-likeness (QED) is 0.186. The van der Waals surface area contributed by atoms with E-state index in [1.54, 1.807) is 6.20 Å². The molecule has 0 atom stereocenters. The highest BCUT2D eigenvalue weighted by Crippen LogP contribution is 2.56. The third-order valence-electron chi connectivity index (χ3n) is 13.0. The van der Waals surface area contributed by atoms with Gasteiger partial charge < -0.3 is 19.3 Å². The Morgan fingerprint density at radius 1 is 1.02 bits per heavy atom. The standard InChI is InChI=1S/C40H44F3N7O3/c1-3-31(51)50-20-39(21-50)10-12-48(13-11-39)36-28-16-27(24-5-6-24)33(32-23(2)4-7-30-29(32)17-44-47-30)35(52-22-40(41,42)43)34(28)45-37(46-36)53-26-14-25(15-26)49-18-38(19-49)8-9-38/h3-4,7,16-17,24-26H,1,5-6,8-15,18-22H2,2H3,(H,44,47)/t25-,26+. The second-order valence-electron chi connectivity index (χ2n) is 16.8. The van der Waals surface area contributed by atoms with E-state index < -0.39 is 12.8 Å². The van der Waals surface area contributed by atoms with E-state index in [2.05, 4.69) is 32.6 Å². The molecule has 53 heavy (non-hydrogen) atoms. The second kappa shape index (κ2) is 11.8. The summed E-state index contributed by atoms with van der Waals surface area (Å²) in [7, 11) is 0. The molecular weight excluding hydrogens is 683 g/mol. The number of nitrogens with zero attached hydrogens (tertiary/aromatic N) is 6. The van der Waals surface area contributed by atoms with E-state index in [0.29, 0.717) is 59.9 Å². The number of hydrogen-bond acceptors (Lipinski definition) is 8. The summed E-state index contributed by atoms with van der Waals surface area (Å²) in [4.78, 5) is 28.9. The number of halogens is 3. The Morgan fingerprint density at radius 2 is 1.75 bits per heavy atom. The number of benzene rings is 2. The molecule has 278 valence electrons. The fraction of sp³-hybridized carbons (Fsp3) is 0.550. The molecule has 5 heterocycles. The van der Waals surface area contributed by atoms with Gasteiger partial charge in [-0.1, -0.05) is 12.6 Å². The molecule has 13 heteroatoms. The van der Waals surface area contributed by atoms with Crippen LogP contribution in [0.15, 0.2) is 37.1 Å². The van der Waals surface area contributed by atoms with E-state index in [1.165, 1.54) is 32.0 Å². The van der Waals surface area contributed by atoms with Crippen molar-refractivity contribution in [2.75, 3.05) is 50.8 Å². The number of H-pyrrole nitrogens is 1. The van der Waals surface area contributed by atoms with Crippen molar-refractivity contribution in [2.24, 2.45) is 10.8 Å². The molecule has 3 aliphatic heterocycles. The number of nitrogens with one attached hydrogen (secondary N) is 1. The first kappa shape index (κ1) is 33.2. The normalized spacial score (nSPS) is 24.6. The Bertz CT molecular complexity index is 2130. The maximum absolute atomic E-state index is 14.1. The molecular formula is C40H44F3N7O3. The van der Waals surface area contributed by atoms with E-state index in [1.807, 2.05) is 24.0 Å². The Labute approximate surface area is 305 Å². The minimum absolute atomic E-state index is 0.0440. The molecule has 3 saturated heterocycles. The largest absolute Gasteiger partial charge is 0.481 e. The highest BCUT2D eigenvalue weighted by molar-refractivity contribution is 6.06. The monoisotopic (exact) mass is 727 g/mol. The second-order valence-corrected chi connectivity index (χ2v) is 16.8. The van der Waals surface area contributed by atoms with Gasteiger partial charge >= 0.3 is 12.2 Å². The summed E-state index contributed by atoms with van der Waals surface area (Å²) in [6.45, 7) is 9.29. The summed E-state index contributed by atoms with van der Waals surface area (Å²) in [6, 6.07) is 6.67. The summed E-state index contributed by atoms with van der Waals surface area (Å²) >= 11 is 0. The van der Waals surface area contributed by atoms with Crippen LogP contribution in [0.2, 0.25) is 0 Å². The first-order valence-electron chi connectivity index (χ1n) is 19.1. The molecule has 10 rings (SSSR count). The third kappa shape index (κ3) is 5.81. The lowest BCUT2D eigenvalue weighted by atomic mass is 9.72. The van der Waals surface area contributed by atoms with Crippen molar-refractivity contribution < 1.29 is 27.4 Å². The zero-order chi connectivity index (χ0) is 36.3. The van der Waals surface area contributed by atoms with Crippen molar-refractivity contribution in [3.8, 4) is 22.9 Å². The van der Waals surface area contributed by atoms with Gasteiger partial charge in [0.2, 0.25) is 5.91 Å². The van der Waals surface area contributed by atoms with Gasteiger partial charge in [-0.05, 0) is 91.7 Å². The topological polar surface area (TPSA) is 99.7 Å². The number of aryl methyl sites for hydroxylation is 1. The zero-order valence-corrected chi connectivity index (χ0v) is 30.0. The smallest absolute Gasteiger partial charge is 0.422 e. The lowest BCUT2D eigenvalue weighted by Gasteiger charge is -2.54. The van der Waals surface area contributed by atoms with Gasteiger partial charge in [-0.3, -0.25) is 14.8 Å². The summed E-state index contributed by atoms with van der Waals surface area (Å²) < 4.78 is 54.7. The number of amides is 1. The third-order valence-corrected chi connectivity index (χ3v) is 13.0. The van der Waals surface area contributed by atoms with Gasteiger partial charge in [0.25, 0.3) is 0 Å². The molecule has 1 N–H and O–H groups in total. The van der Waals surface area contributed by atoms with Gasteiger partial charge in [-0.25, -0.2) is 0 Å². The predicted octanol–water partition coefficient (Wildman–Crippen LogP) is 6.92. The first-order chi connectivity index (χ1) is 25.5. The number of anilines is 1. The SMILES string of the molecule is C=CC(=O)N1CC2(CCN(c3nc(O[C@H]4C[C@@H](N5CC6(CC6)C5)C4)nc4c(OCC(F)(F)F)c(-c5c(C)ccc6[nH]ncc56)c(C5CC5)cc34)CC2)C1. The van der Waals surface area contributed by atoms with Gasteiger partial charge in [0.1, 0.15) is 17.4 Å². The van der Waals surface area contributed by atoms with Crippen LogP contribution in [-0.4, -0.2) is 100 Å². The number of piperidine rings is 1. The van der Waals surface area contributed by atoms with Crippen LogP contribution >= 0.6 is 0 Å². The molecule has 0 bridgehead atoms. The van der Waals surface area contributed by atoms with E-state index in [0.717, 1.165) is 66.1 Å². The fourth-order valence-corrected chi connectivity index (χ4v) is 9.45. The van der Waals surface area contributed by atoms with E-state index in [9.17, 15) is 18.0 Å². The van der Waals surface area contributed by atoms with Crippen molar-refractivity contribution >= 4 is 33.5 Å². The average Bonchev–Trinajstić information content (AvgIpc) is 4.03. The Balaban J connectivity index is 1.07. The maximum Gasteiger partial charge on any atom is 0.422 e. The molecule has 6 fully saturated rings. The molecule has 3 saturated carbocycles. The number of carbonyl (C=O) groups excluding carboxylic acids is 1. The fourth-order valence-electron chi connectivity index (χ4n) is 9.45. The van der Waals surface area contributed by atoms with Crippen LogP contribution < -0.4 is 14.4 Å². The molecule has 6 aliphatic rings. The minimum Gasteiger partial charge on any atom is -0.481 e. The van der Waals surface area contributed by atoms with Gasteiger partial charge in [-0.2, -0.15) is 28.2 Å². The van der Waals surface area contributed by atoms with Crippen molar-refractivity contribution in [1.82, 2.24) is 30.0 Å². The highest BCUT2D eigenvalue weighted by atomic mass is 19.4. The number of carbonyl (C=O) groups is 1. The van der Waals surface area contributed by atoms with Crippen LogP contribution in [0.1, 0.15) is 68.4 Å². The van der Waals surface area contributed by atoms with E-state index >= 15 is 0 Å². The number of ether oxygens (including phenoxy) is 2. The van der Waals surface area contributed by atoms with Crippen molar-refractivity contribution in [3.63, 3.8) is 0 Å². The molecule has 2 aromatic heterocycles. The van der Waals surface area contributed by atoms with Crippen LogP contribution in [-0.2, 0) is 4.79 Å². The highest BCUT2D eigenvalue weighted by Gasteiger charge is 2.55. The Morgan fingerprint density at radius 3 is 2.43 bits per heavy atom. The predicted molar refractivity (Wildman–Crippen MR) is 194 cm³/mol.